The lowest BCUT2D eigenvalue weighted by Crippen LogP contribution is -2.31. The molecule has 0 radical (unpaired) electrons. The van der Waals surface area contributed by atoms with E-state index in [1.165, 1.54) is 10.1 Å². The highest BCUT2D eigenvalue weighted by Crippen LogP contribution is 2.25. The minimum atomic E-state index is 0.591. The largest absolute Gasteiger partial charge is 0.383 e. The zero-order chi connectivity index (χ0) is 12.1. The fourth-order valence-electron chi connectivity index (χ4n) is 1.62. The SMILES string of the molecule is COCCN=C(NN)c1csc2ccccc12. The van der Waals surface area contributed by atoms with E-state index in [-0.39, 0.29) is 0 Å². The number of aliphatic imine (C=N–C) groups is 1. The van der Waals surface area contributed by atoms with Crippen molar-refractivity contribution in [3.63, 3.8) is 0 Å². The molecule has 1 aromatic heterocycles. The highest BCUT2D eigenvalue weighted by atomic mass is 32.1. The summed E-state index contributed by atoms with van der Waals surface area (Å²) < 4.78 is 6.20. The maximum absolute atomic E-state index is 5.52. The van der Waals surface area contributed by atoms with Crippen molar-refractivity contribution in [2.45, 2.75) is 0 Å². The topological polar surface area (TPSA) is 59.6 Å². The first-order valence-corrected chi connectivity index (χ1v) is 6.21. The fraction of sp³-hybridized carbons (Fsp3) is 0.250. The van der Waals surface area contributed by atoms with Gasteiger partial charge in [-0.25, -0.2) is 5.84 Å². The second kappa shape index (κ2) is 5.77. The van der Waals surface area contributed by atoms with Gasteiger partial charge in [0.2, 0.25) is 0 Å². The van der Waals surface area contributed by atoms with Crippen LogP contribution >= 0.6 is 11.3 Å². The van der Waals surface area contributed by atoms with Gasteiger partial charge in [0.05, 0.1) is 13.2 Å². The Balaban J connectivity index is 2.33. The zero-order valence-electron chi connectivity index (χ0n) is 9.64. The second-order valence-electron chi connectivity index (χ2n) is 3.51. The van der Waals surface area contributed by atoms with Crippen LogP contribution in [-0.2, 0) is 4.74 Å². The van der Waals surface area contributed by atoms with Crippen LogP contribution in [0.15, 0.2) is 34.6 Å². The zero-order valence-corrected chi connectivity index (χ0v) is 10.5. The van der Waals surface area contributed by atoms with E-state index in [0.717, 1.165) is 5.56 Å². The summed E-state index contributed by atoms with van der Waals surface area (Å²) in [6, 6.07) is 8.21. The molecule has 3 N–H and O–H groups in total. The third-order valence-electron chi connectivity index (χ3n) is 2.44. The normalized spacial score (nSPS) is 12.0. The Morgan fingerprint density at radius 1 is 1.47 bits per heavy atom. The van der Waals surface area contributed by atoms with E-state index in [1.54, 1.807) is 18.4 Å². The number of amidine groups is 1. The van der Waals surface area contributed by atoms with Crippen LogP contribution in [0, 0.1) is 0 Å². The maximum atomic E-state index is 5.52. The van der Waals surface area contributed by atoms with Crippen molar-refractivity contribution in [2.24, 2.45) is 10.8 Å². The Kier molecular flexibility index (Phi) is 4.08. The van der Waals surface area contributed by atoms with Crippen LogP contribution in [0.4, 0.5) is 0 Å². The summed E-state index contributed by atoms with van der Waals surface area (Å²) in [5.74, 6) is 6.23. The Bertz CT molecular complexity index is 521. The lowest BCUT2D eigenvalue weighted by atomic mass is 10.1. The molecule has 0 saturated carbocycles. The molecule has 17 heavy (non-hydrogen) atoms. The van der Waals surface area contributed by atoms with Gasteiger partial charge in [0, 0.05) is 28.1 Å². The highest BCUT2D eigenvalue weighted by molar-refractivity contribution is 7.17. The van der Waals surface area contributed by atoms with E-state index in [2.05, 4.69) is 27.9 Å². The average Bonchev–Trinajstić information content (AvgIpc) is 2.79. The molecule has 4 nitrogen and oxygen atoms in total. The molecule has 0 unspecified atom stereocenters. The van der Waals surface area contributed by atoms with Crippen LogP contribution in [0.1, 0.15) is 5.56 Å². The Labute approximate surface area is 104 Å². The molecule has 0 amide bonds. The van der Waals surface area contributed by atoms with E-state index in [0.29, 0.717) is 19.0 Å². The number of thiophene rings is 1. The lowest BCUT2D eigenvalue weighted by Gasteiger charge is -2.04. The minimum Gasteiger partial charge on any atom is -0.383 e. The fourth-order valence-corrected chi connectivity index (χ4v) is 2.56. The van der Waals surface area contributed by atoms with Gasteiger partial charge in [-0.15, -0.1) is 11.3 Å². The maximum Gasteiger partial charge on any atom is 0.144 e. The van der Waals surface area contributed by atoms with Gasteiger partial charge in [-0.05, 0) is 6.07 Å². The van der Waals surface area contributed by atoms with Crippen LogP contribution in [0.2, 0.25) is 0 Å². The van der Waals surface area contributed by atoms with Gasteiger partial charge in [-0.1, -0.05) is 18.2 Å². The molecule has 1 heterocycles. The van der Waals surface area contributed by atoms with Crippen molar-refractivity contribution >= 4 is 27.3 Å². The second-order valence-corrected chi connectivity index (χ2v) is 4.42. The van der Waals surface area contributed by atoms with Gasteiger partial charge in [0.1, 0.15) is 5.84 Å². The molecule has 0 fully saturated rings. The summed E-state index contributed by atoms with van der Waals surface area (Å²) in [5.41, 5.74) is 3.70. The van der Waals surface area contributed by atoms with Gasteiger partial charge >= 0.3 is 0 Å². The molecule has 0 atom stereocenters. The number of benzene rings is 1. The number of fused-ring (bicyclic) bond motifs is 1. The first-order chi connectivity index (χ1) is 8.36. The molecule has 0 saturated heterocycles. The quantitative estimate of drug-likeness (QED) is 0.285. The van der Waals surface area contributed by atoms with Crippen molar-refractivity contribution in [2.75, 3.05) is 20.3 Å². The molecule has 0 aliphatic carbocycles. The summed E-state index contributed by atoms with van der Waals surface area (Å²) in [6.07, 6.45) is 0. The van der Waals surface area contributed by atoms with E-state index in [9.17, 15) is 0 Å². The number of nitrogens with two attached hydrogens (primary N) is 1. The van der Waals surface area contributed by atoms with E-state index in [4.69, 9.17) is 10.6 Å². The van der Waals surface area contributed by atoms with Crippen molar-refractivity contribution in [3.05, 3.63) is 35.2 Å². The molecule has 2 aromatic rings. The molecule has 0 aliphatic heterocycles. The Morgan fingerprint density at radius 2 is 2.29 bits per heavy atom. The summed E-state index contributed by atoms with van der Waals surface area (Å²) in [6.45, 7) is 1.19. The van der Waals surface area contributed by atoms with Crippen molar-refractivity contribution in [3.8, 4) is 0 Å². The standard InChI is InChI=1S/C12H15N3OS/c1-16-7-6-14-12(15-13)10-8-17-11-5-3-2-4-9(10)11/h2-5,8H,6-7,13H2,1H3,(H,14,15). The number of methoxy groups -OCH3 is 1. The van der Waals surface area contributed by atoms with E-state index < -0.39 is 0 Å². The summed E-state index contributed by atoms with van der Waals surface area (Å²) in [4.78, 5) is 4.39. The van der Waals surface area contributed by atoms with Crippen molar-refractivity contribution in [1.82, 2.24) is 5.43 Å². The average molecular weight is 249 g/mol. The van der Waals surface area contributed by atoms with Crippen LogP contribution in [-0.4, -0.2) is 26.1 Å². The first kappa shape index (κ1) is 12.0. The van der Waals surface area contributed by atoms with Gasteiger partial charge < -0.3 is 10.2 Å². The number of hydrogen-bond donors (Lipinski definition) is 2. The first-order valence-electron chi connectivity index (χ1n) is 5.33. The number of nitrogens with zero attached hydrogens (tertiary/aromatic N) is 1. The minimum absolute atomic E-state index is 0.591. The third kappa shape index (κ3) is 2.63. The molecule has 1 aromatic carbocycles. The van der Waals surface area contributed by atoms with Crippen LogP contribution in [0.25, 0.3) is 10.1 Å². The van der Waals surface area contributed by atoms with E-state index in [1.807, 2.05) is 12.1 Å². The van der Waals surface area contributed by atoms with Gasteiger partial charge in [0.15, 0.2) is 0 Å². The van der Waals surface area contributed by atoms with Gasteiger partial charge in [-0.3, -0.25) is 4.99 Å². The molecule has 90 valence electrons. The van der Waals surface area contributed by atoms with Crippen LogP contribution < -0.4 is 11.3 Å². The molecule has 5 heteroatoms. The number of hydrogen-bond acceptors (Lipinski definition) is 4. The number of ether oxygens (including phenoxy) is 1. The molecule has 2 rings (SSSR count). The van der Waals surface area contributed by atoms with Crippen LogP contribution in [0.5, 0.6) is 0 Å². The summed E-state index contributed by atoms with van der Waals surface area (Å²) in [7, 11) is 1.66. The summed E-state index contributed by atoms with van der Waals surface area (Å²) >= 11 is 1.69. The Morgan fingerprint density at radius 3 is 3.06 bits per heavy atom. The Hall–Kier alpha value is -1.43. The van der Waals surface area contributed by atoms with E-state index >= 15 is 0 Å². The summed E-state index contributed by atoms with van der Waals surface area (Å²) in [5, 5.41) is 3.24. The van der Waals surface area contributed by atoms with Gasteiger partial charge in [0.25, 0.3) is 0 Å². The predicted octanol–water partition coefficient (Wildman–Crippen LogP) is 1.76. The van der Waals surface area contributed by atoms with Crippen molar-refractivity contribution < 1.29 is 4.74 Å². The van der Waals surface area contributed by atoms with Crippen LogP contribution in [0.3, 0.4) is 0 Å². The monoisotopic (exact) mass is 249 g/mol. The smallest absolute Gasteiger partial charge is 0.144 e. The molecule has 0 spiro atoms. The number of rotatable bonds is 4. The molecular formula is C12H15N3OS. The van der Waals surface area contributed by atoms with Gasteiger partial charge in [-0.2, -0.15) is 0 Å². The third-order valence-corrected chi connectivity index (χ3v) is 3.40. The predicted molar refractivity (Wildman–Crippen MR) is 72.4 cm³/mol. The molecular weight excluding hydrogens is 234 g/mol. The number of hydrazine groups is 1. The lowest BCUT2D eigenvalue weighted by molar-refractivity contribution is 0.208. The highest BCUT2D eigenvalue weighted by Gasteiger charge is 2.08. The molecule has 0 bridgehead atoms. The molecule has 0 aliphatic rings. The number of nitrogens with one attached hydrogen (secondary N) is 1. The van der Waals surface area contributed by atoms with Crippen molar-refractivity contribution in [1.29, 1.82) is 0 Å².